The summed E-state index contributed by atoms with van der Waals surface area (Å²) in [4.78, 5) is 18.7. The Labute approximate surface area is 151 Å². The van der Waals surface area contributed by atoms with Gasteiger partial charge in [0.25, 0.3) is 0 Å². The lowest BCUT2D eigenvalue weighted by molar-refractivity contribution is 0.200. The number of rotatable bonds is 1. The van der Waals surface area contributed by atoms with Gasteiger partial charge < -0.3 is 4.90 Å². The Balaban J connectivity index is 1.72. The number of imidazole rings is 1. The van der Waals surface area contributed by atoms with Crippen LogP contribution in [-0.4, -0.2) is 33.6 Å². The van der Waals surface area contributed by atoms with E-state index < -0.39 is 0 Å². The van der Waals surface area contributed by atoms with Gasteiger partial charge in [-0.3, -0.25) is 4.57 Å². The summed E-state index contributed by atoms with van der Waals surface area (Å²) in [5.74, 6) is 0.128. The van der Waals surface area contributed by atoms with Crippen molar-refractivity contribution in [2.24, 2.45) is 0 Å². The minimum Gasteiger partial charge on any atom is -0.323 e. The van der Waals surface area contributed by atoms with Crippen molar-refractivity contribution in [3.05, 3.63) is 89.0 Å². The number of hydrogen-bond donors (Lipinski definition) is 0. The van der Waals surface area contributed by atoms with E-state index in [1.807, 2.05) is 17.0 Å². The number of hydrogen-bond acceptors (Lipinski definition) is 2. The summed E-state index contributed by atoms with van der Waals surface area (Å²) >= 11 is 6.05. The van der Waals surface area contributed by atoms with Crippen molar-refractivity contribution in [1.82, 2.24) is 14.5 Å². The molecule has 1 atom stereocenters. The maximum atomic E-state index is 12.8. The molecule has 1 unspecified atom stereocenters. The number of amides is 1. The zero-order valence-electron chi connectivity index (χ0n) is 13.7. The second kappa shape index (κ2) is 6.73. The Morgan fingerprint density at radius 3 is 2.68 bits per heavy atom. The van der Waals surface area contributed by atoms with Crippen molar-refractivity contribution >= 4 is 17.6 Å². The summed E-state index contributed by atoms with van der Waals surface area (Å²) in [5.41, 5.74) is 3.75. The molecule has 4 nitrogen and oxygen atoms in total. The third-order valence-electron chi connectivity index (χ3n) is 4.75. The van der Waals surface area contributed by atoms with Crippen LogP contribution in [0.2, 0.25) is 5.02 Å². The van der Waals surface area contributed by atoms with Crippen molar-refractivity contribution in [2.45, 2.75) is 12.3 Å². The van der Waals surface area contributed by atoms with Gasteiger partial charge in [-0.1, -0.05) is 48.0 Å². The molecule has 1 amide bonds. The highest BCUT2D eigenvalue weighted by Gasteiger charge is 2.27. The second-order valence-electron chi connectivity index (χ2n) is 6.25. The molecule has 1 aliphatic rings. The van der Waals surface area contributed by atoms with E-state index in [0.717, 1.165) is 11.4 Å². The van der Waals surface area contributed by atoms with Crippen LogP contribution in [0.4, 0.5) is 4.79 Å². The molecule has 0 saturated heterocycles. The predicted molar refractivity (Wildman–Crippen MR) is 98.0 cm³/mol. The molecule has 4 rings (SSSR count). The zero-order chi connectivity index (χ0) is 17.2. The van der Waals surface area contributed by atoms with E-state index in [-0.39, 0.29) is 11.9 Å². The molecule has 0 saturated carbocycles. The predicted octanol–water partition coefficient (Wildman–Crippen LogP) is 4.19. The van der Waals surface area contributed by atoms with Gasteiger partial charge >= 0.3 is 6.03 Å². The Morgan fingerprint density at radius 1 is 1.12 bits per heavy atom. The molecule has 0 N–H and O–H groups in total. The third kappa shape index (κ3) is 3.17. The lowest BCUT2D eigenvalue weighted by Crippen LogP contribution is -2.37. The third-order valence-corrected chi connectivity index (χ3v) is 5.00. The smallest absolute Gasteiger partial charge is 0.323 e. The fraction of sp³-hybridized carbons (Fsp3) is 0.200. The molecule has 2 heterocycles. The minimum atomic E-state index is -0.0377. The molecule has 126 valence electrons. The zero-order valence-corrected chi connectivity index (χ0v) is 14.4. The number of carbonyl (C=O) groups is 1. The van der Waals surface area contributed by atoms with E-state index in [1.165, 1.54) is 21.3 Å². The quantitative estimate of drug-likeness (QED) is 0.659. The maximum Gasteiger partial charge on any atom is 0.329 e. The molecule has 0 spiro atoms. The average Bonchev–Trinajstić information content (AvgIpc) is 3.11. The molecule has 5 heteroatoms. The van der Waals surface area contributed by atoms with E-state index in [9.17, 15) is 4.79 Å². The normalized spacial score (nSPS) is 17.0. The van der Waals surface area contributed by atoms with Crippen molar-refractivity contribution < 1.29 is 4.79 Å². The van der Waals surface area contributed by atoms with Crippen LogP contribution in [0.5, 0.6) is 0 Å². The van der Waals surface area contributed by atoms with Crippen LogP contribution in [0.3, 0.4) is 0 Å². The first kappa shape index (κ1) is 15.9. The standard InChI is InChI=1S/C20H18ClN3O/c21-17-7-5-16(6-8-17)19-13-23(20(25)24-12-10-22-14-24)11-9-15-3-1-2-4-18(15)19/h1-8,10,12,14,19H,9,11,13H2. The van der Waals surface area contributed by atoms with Gasteiger partial charge in [0.2, 0.25) is 0 Å². The van der Waals surface area contributed by atoms with E-state index in [0.29, 0.717) is 13.1 Å². The number of fused-ring (bicyclic) bond motifs is 1. The summed E-state index contributed by atoms with van der Waals surface area (Å²) in [7, 11) is 0. The van der Waals surface area contributed by atoms with Crippen molar-refractivity contribution in [2.75, 3.05) is 13.1 Å². The first-order chi connectivity index (χ1) is 12.2. The van der Waals surface area contributed by atoms with E-state index in [4.69, 9.17) is 11.6 Å². The van der Waals surface area contributed by atoms with Crippen molar-refractivity contribution in [3.8, 4) is 0 Å². The van der Waals surface area contributed by atoms with Crippen LogP contribution in [0, 0.1) is 0 Å². The van der Waals surface area contributed by atoms with Gasteiger partial charge in [0.1, 0.15) is 6.33 Å². The lowest BCUT2D eigenvalue weighted by Gasteiger charge is -2.25. The van der Waals surface area contributed by atoms with Crippen LogP contribution in [-0.2, 0) is 6.42 Å². The number of halogens is 1. The average molecular weight is 352 g/mol. The topological polar surface area (TPSA) is 38.1 Å². The van der Waals surface area contributed by atoms with Gasteiger partial charge in [0, 0.05) is 36.4 Å². The van der Waals surface area contributed by atoms with Gasteiger partial charge in [0.05, 0.1) is 0 Å². The van der Waals surface area contributed by atoms with E-state index in [1.54, 1.807) is 18.7 Å². The fourth-order valence-corrected chi connectivity index (χ4v) is 3.58. The molecule has 1 aliphatic heterocycles. The van der Waals surface area contributed by atoms with E-state index in [2.05, 4.69) is 41.4 Å². The Bertz CT molecular complexity index is 874. The van der Waals surface area contributed by atoms with Crippen LogP contribution in [0.25, 0.3) is 0 Å². The number of nitrogens with zero attached hydrogens (tertiary/aromatic N) is 3. The summed E-state index contributed by atoms with van der Waals surface area (Å²) in [6.45, 7) is 1.33. The lowest BCUT2D eigenvalue weighted by atomic mass is 9.88. The maximum absolute atomic E-state index is 12.8. The monoisotopic (exact) mass is 351 g/mol. The molecule has 3 aromatic rings. The first-order valence-corrected chi connectivity index (χ1v) is 8.70. The van der Waals surface area contributed by atoms with Gasteiger partial charge in [-0.15, -0.1) is 0 Å². The summed E-state index contributed by atoms with van der Waals surface area (Å²) in [6, 6.07) is 16.3. The number of benzene rings is 2. The first-order valence-electron chi connectivity index (χ1n) is 8.33. The highest BCUT2D eigenvalue weighted by atomic mass is 35.5. The van der Waals surface area contributed by atoms with Crippen LogP contribution < -0.4 is 0 Å². The molecule has 25 heavy (non-hydrogen) atoms. The van der Waals surface area contributed by atoms with Crippen LogP contribution >= 0.6 is 11.6 Å². The summed E-state index contributed by atoms with van der Waals surface area (Å²) in [6.07, 6.45) is 5.72. The number of aromatic nitrogens is 2. The molecular formula is C20H18ClN3O. The fourth-order valence-electron chi connectivity index (χ4n) is 3.46. The van der Waals surface area contributed by atoms with E-state index >= 15 is 0 Å². The van der Waals surface area contributed by atoms with Gasteiger partial charge in [-0.05, 0) is 35.2 Å². The van der Waals surface area contributed by atoms with Gasteiger partial charge in [-0.2, -0.15) is 0 Å². The highest BCUT2D eigenvalue weighted by Crippen LogP contribution is 2.32. The molecule has 2 aromatic carbocycles. The Morgan fingerprint density at radius 2 is 1.92 bits per heavy atom. The minimum absolute atomic E-state index is 0.0377. The summed E-state index contributed by atoms with van der Waals surface area (Å²) in [5, 5.41) is 0.719. The molecule has 0 radical (unpaired) electrons. The molecule has 0 aliphatic carbocycles. The van der Waals surface area contributed by atoms with Gasteiger partial charge in [0.15, 0.2) is 0 Å². The Kier molecular flexibility index (Phi) is 4.28. The number of carbonyl (C=O) groups excluding carboxylic acids is 1. The molecular weight excluding hydrogens is 334 g/mol. The highest BCUT2D eigenvalue weighted by molar-refractivity contribution is 6.30. The van der Waals surface area contributed by atoms with Crippen LogP contribution in [0.15, 0.2) is 67.3 Å². The molecule has 0 bridgehead atoms. The molecule has 0 fully saturated rings. The van der Waals surface area contributed by atoms with Crippen LogP contribution in [0.1, 0.15) is 22.6 Å². The van der Waals surface area contributed by atoms with Crippen molar-refractivity contribution in [1.29, 1.82) is 0 Å². The second-order valence-corrected chi connectivity index (χ2v) is 6.69. The van der Waals surface area contributed by atoms with Crippen molar-refractivity contribution in [3.63, 3.8) is 0 Å². The van der Waals surface area contributed by atoms with Gasteiger partial charge in [-0.25, -0.2) is 9.78 Å². The summed E-state index contributed by atoms with van der Waals surface area (Å²) < 4.78 is 1.54. The molecule has 1 aromatic heterocycles. The SMILES string of the molecule is O=C(N1CCc2ccccc2C(c2ccc(Cl)cc2)C1)n1ccnc1. The Hall–Kier alpha value is -2.59. The largest absolute Gasteiger partial charge is 0.329 e.